The molecule has 1 aliphatic heterocycles. The van der Waals surface area contributed by atoms with Crippen LogP contribution in [0.25, 0.3) is 0 Å². The first kappa shape index (κ1) is 14.4. The lowest BCUT2D eigenvalue weighted by Crippen LogP contribution is -2.47. The Balaban J connectivity index is 2.12. The van der Waals surface area contributed by atoms with Crippen molar-refractivity contribution in [2.45, 2.75) is 13.3 Å². The highest BCUT2D eigenvalue weighted by Gasteiger charge is 2.20. The number of nitrogens with zero attached hydrogens (tertiary/aromatic N) is 2. The summed E-state index contributed by atoms with van der Waals surface area (Å²) in [5, 5.41) is 0. The number of benzene rings is 1. The molecule has 1 aromatic carbocycles. The first-order valence-corrected chi connectivity index (χ1v) is 7.43. The van der Waals surface area contributed by atoms with Crippen LogP contribution < -0.4 is 0 Å². The van der Waals surface area contributed by atoms with E-state index in [0.717, 1.165) is 43.9 Å². The molecule has 3 nitrogen and oxygen atoms in total. The minimum Gasteiger partial charge on any atom is -0.336 e. The molecule has 0 atom stereocenters. The van der Waals surface area contributed by atoms with Crippen LogP contribution in [0.4, 0.5) is 0 Å². The highest BCUT2D eigenvalue weighted by molar-refractivity contribution is 7.80. The van der Waals surface area contributed by atoms with Crippen molar-refractivity contribution in [1.29, 1.82) is 0 Å². The van der Waals surface area contributed by atoms with Gasteiger partial charge in [0.2, 0.25) is 0 Å². The topological polar surface area (TPSA) is 23.6 Å². The largest absolute Gasteiger partial charge is 0.336 e. The van der Waals surface area contributed by atoms with Crippen LogP contribution in [0.2, 0.25) is 0 Å². The van der Waals surface area contributed by atoms with E-state index in [0.29, 0.717) is 0 Å². The molecule has 1 heterocycles. The van der Waals surface area contributed by atoms with Crippen molar-refractivity contribution >= 4 is 18.5 Å². The summed E-state index contributed by atoms with van der Waals surface area (Å²) in [5.74, 6) is 0.973. The van der Waals surface area contributed by atoms with Gasteiger partial charge in [-0.25, -0.2) is 0 Å². The van der Waals surface area contributed by atoms with Gasteiger partial charge in [-0.05, 0) is 49.4 Å². The predicted octanol–water partition coefficient (Wildman–Crippen LogP) is 1.85. The molecule has 1 aliphatic rings. The highest BCUT2D eigenvalue weighted by atomic mass is 32.1. The van der Waals surface area contributed by atoms with Gasteiger partial charge >= 0.3 is 0 Å². The van der Waals surface area contributed by atoms with Gasteiger partial charge < -0.3 is 9.80 Å². The number of carbonyl (C=O) groups excluding carboxylic acids is 1. The van der Waals surface area contributed by atoms with E-state index in [9.17, 15) is 4.79 Å². The average molecular weight is 278 g/mol. The van der Waals surface area contributed by atoms with Gasteiger partial charge in [-0.1, -0.05) is 6.07 Å². The Hall–Kier alpha value is -1.00. The first-order chi connectivity index (χ1) is 9.11. The summed E-state index contributed by atoms with van der Waals surface area (Å²) in [6.07, 6.45) is 0.915. The summed E-state index contributed by atoms with van der Waals surface area (Å²) in [6.45, 7) is 5.65. The molecule has 1 aromatic rings. The Morgan fingerprint density at radius 3 is 2.58 bits per heavy atom. The van der Waals surface area contributed by atoms with Gasteiger partial charge in [0.25, 0.3) is 5.91 Å². The van der Waals surface area contributed by atoms with E-state index in [2.05, 4.69) is 31.5 Å². The van der Waals surface area contributed by atoms with Gasteiger partial charge in [0.1, 0.15) is 0 Å². The molecule has 4 heteroatoms. The van der Waals surface area contributed by atoms with Crippen molar-refractivity contribution in [3.05, 3.63) is 34.9 Å². The van der Waals surface area contributed by atoms with Crippen LogP contribution in [-0.2, 0) is 6.42 Å². The summed E-state index contributed by atoms with van der Waals surface area (Å²) in [4.78, 5) is 16.7. The van der Waals surface area contributed by atoms with Gasteiger partial charge in [-0.15, -0.1) is 0 Å². The zero-order valence-corrected chi connectivity index (χ0v) is 12.6. The van der Waals surface area contributed by atoms with Gasteiger partial charge in [-0.3, -0.25) is 4.79 Å². The second-order valence-electron chi connectivity index (χ2n) is 5.21. The molecule has 0 bridgehead atoms. The van der Waals surface area contributed by atoms with Crippen LogP contribution in [0.1, 0.15) is 21.5 Å². The van der Waals surface area contributed by atoms with Crippen LogP contribution in [0, 0.1) is 6.92 Å². The zero-order chi connectivity index (χ0) is 13.8. The first-order valence-electron chi connectivity index (χ1n) is 6.80. The summed E-state index contributed by atoms with van der Waals surface area (Å²) in [6, 6.07) is 6.02. The minimum absolute atomic E-state index is 0.161. The van der Waals surface area contributed by atoms with Crippen molar-refractivity contribution in [2.75, 3.05) is 39.0 Å². The van der Waals surface area contributed by atoms with E-state index in [1.807, 2.05) is 23.1 Å². The number of thiol groups is 1. The molecule has 1 amide bonds. The third-order valence-electron chi connectivity index (χ3n) is 3.77. The van der Waals surface area contributed by atoms with Gasteiger partial charge in [0.15, 0.2) is 0 Å². The fraction of sp³-hybridized carbons (Fsp3) is 0.533. The Morgan fingerprint density at radius 2 is 1.95 bits per heavy atom. The maximum atomic E-state index is 12.5. The Morgan fingerprint density at radius 1 is 1.26 bits per heavy atom. The van der Waals surface area contributed by atoms with Crippen LogP contribution >= 0.6 is 12.6 Å². The van der Waals surface area contributed by atoms with Gasteiger partial charge in [-0.2, -0.15) is 12.6 Å². The average Bonchev–Trinajstić information content (AvgIpc) is 2.41. The van der Waals surface area contributed by atoms with Crippen LogP contribution in [0.5, 0.6) is 0 Å². The standard InChI is InChI=1S/C15H22N2OS/c1-12-3-4-14(11-13(12)5-10-19)15(18)17-8-6-16(2)7-9-17/h3-4,11,19H,5-10H2,1-2H3. The smallest absolute Gasteiger partial charge is 0.253 e. The van der Waals surface area contributed by atoms with Crippen molar-refractivity contribution in [3.8, 4) is 0 Å². The number of piperazine rings is 1. The van der Waals surface area contributed by atoms with Crippen LogP contribution in [0.3, 0.4) is 0 Å². The molecular weight excluding hydrogens is 256 g/mol. The number of aryl methyl sites for hydroxylation is 2. The molecule has 0 N–H and O–H groups in total. The fourth-order valence-corrected chi connectivity index (χ4v) is 2.63. The quantitative estimate of drug-likeness (QED) is 0.853. The van der Waals surface area contributed by atoms with E-state index in [4.69, 9.17) is 0 Å². The summed E-state index contributed by atoms with van der Waals surface area (Å²) in [7, 11) is 2.10. The minimum atomic E-state index is 0.161. The molecule has 0 saturated carbocycles. The van der Waals surface area contributed by atoms with E-state index in [-0.39, 0.29) is 5.91 Å². The maximum absolute atomic E-state index is 12.5. The molecule has 2 rings (SSSR count). The lowest BCUT2D eigenvalue weighted by molar-refractivity contribution is 0.0664. The zero-order valence-electron chi connectivity index (χ0n) is 11.7. The molecule has 0 aliphatic carbocycles. The summed E-state index contributed by atoms with van der Waals surface area (Å²) < 4.78 is 0. The molecule has 19 heavy (non-hydrogen) atoms. The molecule has 0 aromatic heterocycles. The van der Waals surface area contributed by atoms with Crippen molar-refractivity contribution < 1.29 is 4.79 Å². The lowest BCUT2D eigenvalue weighted by atomic mass is 10.0. The number of carbonyl (C=O) groups is 1. The summed E-state index contributed by atoms with van der Waals surface area (Å²) in [5.41, 5.74) is 3.28. The van der Waals surface area contributed by atoms with Gasteiger partial charge in [0, 0.05) is 31.7 Å². The van der Waals surface area contributed by atoms with Gasteiger partial charge in [0.05, 0.1) is 0 Å². The molecule has 0 spiro atoms. The summed E-state index contributed by atoms with van der Waals surface area (Å²) >= 11 is 4.28. The molecular formula is C15H22N2OS. The molecule has 0 unspecified atom stereocenters. The van der Waals surface area contributed by atoms with Crippen molar-refractivity contribution in [1.82, 2.24) is 9.80 Å². The monoisotopic (exact) mass is 278 g/mol. The second-order valence-corrected chi connectivity index (χ2v) is 5.66. The predicted molar refractivity (Wildman–Crippen MR) is 82.1 cm³/mol. The van der Waals surface area contributed by atoms with E-state index in [1.54, 1.807) is 0 Å². The van der Waals surface area contributed by atoms with E-state index < -0.39 is 0 Å². The number of likely N-dealkylation sites (N-methyl/N-ethyl adjacent to an activating group) is 1. The van der Waals surface area contributed by atoms with E-state index in [1.165, 1.54) is 11.1 Å². The number of rotatable bonds is 3. The lowest BCUT2D eigenvalue weighted by Gasteiger charge is -2.32. The van der Waals surface area contributed by atoms with Crippen LogP contribution in [-0.4, -0.2) is 54.7 Å². The Kier molecular flexibility index (Phi) is 4.88. The Bertz CT molecular complexity index is 453. The van der Waals surface area contributed by atoms with Crippen molar-refractivity contribution in [2.24, 2.45) is 0 Å². The Labute approximate surface area is 121 Å². The molecule has 1 saturated heterocycles. The maximum Gasteiger partial charge on any atom is 0.253 e. The number of hydrogen-bond acceptors (Lipinski definition) is 3. The number of hydrogen-bond donors (Lipinski definition) is 1. The SMILES string of the molecule is Cc1ccc(C(=O)N2CCN(C)CC2)cc1CCS. The highest BCUT2D eigenvalue weighted by Crippen LogP contribution is 2.15. The second kappa shape index (κ2) is 6.44. The third kappa shape index (κ3) is 3.51. The molecule has 1 fully saturated rings. The van der Waals surface area contributed by atoms with E-state index >= 15 is 0 Å². The van der Waals surface area contributed by atoms with Crippen LogP contribution in [0.15, 0.2) is 18.2 Å². The fourth-order valence-electron chi connectivity index (χ4n) is 2.39. The molecule has 0 radical (unpaired) electrons. The molecule has 104 valence electrons. The third-order valence-corrected chi connectivity index (χ3v) is 3.99. The van der Waals surface area contributed by atoms with Crippen molar-refractivity contribution in [3.63, 3.8) is 0 Å². The number of amides is 1. The normalized spacial score (nSPS) is 16.7.